The third-order valence-corrected chi connectivity index (χ3v) is 6.54. The molecule has 0 bridgehead atoms. The minimum absolute atomic E-state index is 0.00281. The number of aromatic hydroxyl groups is 1. The van der Waals surface area contributed by atoms with E-state index in [1.165, 1.54) is 22.5 Å². The summed E-state index contributed by atoms with van der Waals surface area (Å²) in [7, 11) is -3.70. The molecular weight excluding hydrogens is 392 g/mol. The summed E-state index contributed by atoms with van der Waals surface area (Å²) in [6.07, 6.45) is 2.69. The van der Waals surface area contributed by atoms with Crippen LogP contribution >= 0.6 is 0 Å². The second-order valence-electron chi connectivity index (χ2n) is 7.29. The molecule has 0 atom stereocenters. The summed E-state index contributed by atoms with van der Waals surface area (Å²) in [5.41, 5.74) is 0.417. The van der Waals surface area contributed by atoms with E-state index in [-0.39, 0.29) is 22.3 Å². The molecule has 0 radical (unpaired) electrons. The topological polar surface area (TPSA) is 95.9 Å². The molecule has 0 aliphatic carbocycles. The Labute approximate surface area is 171 Å². The molecule has 8 heteroatoms. The molecule has 7 nitrogen and oxygen atoms in total. The van der Waals surface area contributed by atoms with E-state index in [1.807, 2.05) is 13.8 Å². The van der Waals surface area contributed by atoms with Crippen LogP contribution in [0, 0.1) is 0 Å². The van der Waals surface area contributed by atoms with E-state index >= 15 is 0 Å². The lowest BCUT2D eigenvalue weighted by Crippen LogP contribution is -2.35. The van der Waals surface area contributed by atoms with Gasteiger partial charge in [0.15, 0.2) is 0 Å². The van der Waals surface area contributed by atoms with Crippen LogP contribution in [-0.4, -0.2) is 42.9 Å². The molecule has 2 aromatic carbocycles. The van der Waals surface area contributed by atoms with Gasteiger partial charge >= 0.3 is 0 Å². The molecule has 29 heavy (non-hydrogen) atoms. The van der Waals surface area contributed by atoms with Gasteiger partial charge in [0.1, 0.15) is 11.5 Å². The second-order valence-corrected chi connectivity index (χ2v) is 9.23. The van der Waals surface area contributed by atoms with Crippen molar-refractivity contribution >= 4 is 21.6 Å². The Bertz CT molecular complexity index is 965. The van der Waals surface area contributed by atoms with Crippen molar-refractivity contribution in [1.29, 1.82) is 0 Å². The van der Waals surface area contributed by atoms with Crippen molar-refractivity contribution in [1.82, 2.24) is 4.31 Å². The Balaban J connectivity index is 1.79. The molecule has 1 heterocycles. The van der Waals surface area contributed by atoms with Crippen LogP contribution in [0.1, 0.15) is 43.5 Å². The molecule has 1 aliphatic heterocycles. The number of phenols is 1. The van der Waals surface area contributed by atoms with Crippen LogP contribution in [-0.2, 0) is 10.0 Å². The van der Waals surface area contributed by atoms with Gasteiger partial charge in [-0.3, -0.25) is 4.79 Å². The van der Waals surface area contributed by atoms with Gasteiger partial charge in [-0.15, -0.1) is 0 Å². The number of benzene rings is 2. The van der Waals surface area contributed by atoms with E-state index in [9.17, 15) is 18.3 Å². The highest BCUT2D eigenvalue weighted by Crippen LogP contribution is 2.26. The molecule has 1 amide bonds. The number of anilines is 1. The zero-order chi connectivity index (χ0) is 21.0. The first-order chi connectivity index (χ1) is 13.8. The summed E-state index contributed by atoms with van der Waals surface area (Å²) in [5, 5.41) is 12.8. The van der Waals surface area contributed by atoms with Gasteiger partial charge in [-0.2, -0.15) is 4.31 Å². The summed E-state index contributed by atoms with van der Waals surface area (Å²) in [5.74, 6) is -0.189. The molecule has 0 aromatic heterocycles. The number of rotatable bonds is 6. The number of carbonyl (C=O) groups is 1. The zero-order valence-corrected chi connectivity index (χ0v) is 17.4. The molecule has 0 saturated carbocycles. The first kappa shape index (κ1) is 21.1. The third kappa shape index (κ3) is 5.07. The van der Waals surface area contributed by atoms with Crippen LogP contribution in [0.25, 0.3) is 0 Å². The van der Waals surface area contributed by atoms with Crippen LogP contribution < -0.4 is 10.1 Å². The van der Waals surface area contributed by atoms with E-state index in [2.05, 4.69) is 5.32 Å². The molecule has 1 saturated heterocycles. The minimum Gasteiger partial charge on any atom is -0.507 e. The standard InChI is InChI=1S/C21H26N2O5S/c1-15(2)28-17-8-6-16(7-9-17)22-21(25)19-14-18(10-11-20(19)24)29(26,27)23-12-4-3-5-13-23/h6-11,14-15,24H,3-5,12-13H2,1-2H3,(H,22,25). The van der Waals surface area contributed by atoms with E-state index in [1.54, 1.807) is 24.3 Å². The second kappa shape index (κ2) is 8.84. The fourth-order valence-electron chi connectivity index (χ4n) is 3.20. The van der Waals surface area contributed by atoms with Crippen molar-refractivity contribution in [2.45, 2.75) is 44.1 Å². The van der Waals surface area contributed by atoms with Crippen molar-refractivity contribution < 1.29 is 23.1 Å². The Kier molecular flexibility index (Phi) is 6.44. The predicted octanol–water partition coefficient (Wildman–Crippen LogP) is 3.61. The maximum atomic E-state index is 12.9. The molecule has 0 spiro atoms. The number of phenolic OH excluding ortho intramolecular Hbond substituents is 1. The van der Waals surface area contributed by atoms with Gasteiger partial charge in [0, 0.05) is 18.8 Å². The zero-order valence-electron chi connectivity index (χ0n) is 16.6. The average Bonchev–Trinajstić information content (AvgIpc) is 2.70. The SMILES string of the molecule is CC(C)Oc1ccc(NC(=O)c2cc(S(=O)(=O)N3CCCCC3)ccc2O)cc1. The van der Waals surface area contributed by atoms with E-state index in [0.29, 0.717) is 24.5 Å². The summed E-state index contributed by atoms with van der Waals surface area (Å²) >= 11 is 0. The van der Waals surface area contributed by atoms with Gasteiger partial charge in [0.05, 0.1) is 16.6 Å². The molecule has 1 aliphatic rings. The molecule has 3 rings (SSSR count). The molecule has 2 N–H and O–H groups in total. The number of nitrogens with zero attached hydrogens (tertiary/aromatic N) is 1. The largest absolute Gasteiger partial charge is 0.507 e. The van der Waals surface area contributed by atoms with Crippen LogP contribution in [0.3, 0.4) is 0 Å². The highest BCUT2D eigenvalue weighted by molar-refractivity contribution is 7.89. The maximum absolute atomic E-state index is 12.9. The number of amides is 1. The lowest BCUT2D eigenvalue weighted by atomic mass is 10.2. The van der Waals surface area contributed by atoms with Crippen LogP contribution in [0.15, 0.2) is 47.4 Å². The van der Waals surface area contributed by atoms with Crippen molar-refractivity contribution in [3.63, 3.8) is 0 Å². The molecule has 2 aromatic rings. The quantitative estimate of drug-likeness (QED) is 0.747. The third-order valence-electron chi connectivity index (χ3n) is 4.65. The summed E-state index contributed by atoms with van der Waals surface area (Å²) in [6.45, 7) is 4.78. The molecule has 0 unspecified atom stereocenters. The Morgan fingerprint density at radius 1 is 1.07 bits per heavy atom. The number of carbonyl (C=O) groups excluding carboxylic acids is 1. The Hall–Kier alpha value is -2.58. The lowest BCUT2D eigenvalue weighted by molar-refractivity contribution is 0.102. The predicted molar refractivity (Wildman–Crippen MR) is 111 cm³/mol. The first-order valence-corrected chi connectivity index (χ1v) is 11.1. The lowest BCUT2D eigenvalue weighted by Gasteiger charge is -2.26. The fraction of sp³-hybridized carbons (Fsp3) is 0.381. The van der Waals surface area contributed by atoms with Gasteiger partial charge in [-0.1, -0.05) is 6.42 Å². The van der Waals surface area contributed by atoms with Crippen molar-refractivity contribution in [3.05, 3.63) is 48.0 Å². The van der Waals surface area contributed by atoms with Crippen LogP contribution in [0.4, 0.5) is 5.69 Å². The van der Waals surface area contributed by atoms with Gasteiger partial charge < -0.3 is 15.2 Å². The number of hydrogen-bond acceptors (Lipinski definition) is 5. The highest BCUT2D eigenvalue weighted by Gasteiger charge is 2.27. The van der Waals surface area contributed by atoms with Gasteiger partial charge in [-0.05, 0) is 69.2 Å². The number of sulfonamides is 1. The van der Waals surface area contributed by atoms with Gasteiger partial charge in [-0.25, -0.2) is 8.42 Å². The van der Waals surface area contributed by atoms with Crippen LogP contribution in [0.5, 0.6) is 11.5 Å². The summed E-state index contributed by atoms with van der Waals surface area (Å²) in [6, 6.07) is 10.6. The van der Waals surface area contributed by atoms with Crippen molar-refractivity contribution in [2.24, 2.45) is 0 Å². The first-order valence-electron chi connectivity index (χ1n) is 9.68. The smallest absolute Gasteiger partial charge is 0.259 e. The van der Waals surface area contributed by atoms with E-state index in [0.717, 1.165) is 19.3 Å². The monoisotopic (exact) mass is 418 g/mol. The van der Waals surface area contributed by atoms with Gasteiger partial charge in [0.2, 0.25) is 10.0 Å². The van der Waals surface area contributed by atoms with Crippen molar-refractivity contribution in [2.75, 3.05) is 18.4 Å². The fourth-order valence-corrected chi connectivity index (χ4v) is 4.74. The number of hydrogen-bond donors (Lipinski definition) is 2. The Morgan fingerprint density at radius 2 is 1.72 bits per heavy atom. The molecule has 156 valence electrons. The van der Waals surface area contributed by atoms with E-state index < -0.39 is 15.9 Å². The molecular formula is C21H26N2O5S. The van der Waals surface area contributed by atoms with E-state index in [4.69, 9.17) is 4.74 Å². The van der Waals surface area contributed by atoms with Crippen molar-refractivity contribution in [3.8, 4) is 11.5 Å². The maximum Gasteiger partial charge on any atom is 0.259 e. The minimum atomic E-state index is -3.70. The number of ether oxygens (including phenoxy) is 1. The van der Waals surface area contributed by atoms with Gasteiger partial charge in [0.25, 0.3) is 5.91 Å². The molecule has 1 fully saturated rings. The van der Waals surface area contributed by atoms with Crippen LogP contribution in [0.2, 0.25) is 0 Å². The number of nitrogens with one attached hydrogen (secondary N) is 1. The Morgan fingerprint density at radius 3 is 2.34 bits per heavy atom. The summed E-state index contributed by atoms with van der Waals surface area (Å²) in [4.78, 5) is 12.6. The number of piperidine rings is 1. The summed E-state index contributed by atoms with van der Waals surface area (Å²) < 4.78 is 32.7. The normalized spacial score (nSPS) is 15.3. The average molecular weight is 419 g/mol. The highest BCUT2D eigenvalue weighted by atomic mass is 32.2.